The molecule has 1 amide bonds. The topological polar surface area (TPSA) is 90.1 Å². The fourth-order valence-corrected chi connectivity index (χ4v) is 5.36. The molecule has 2 heterocycles. The first kappa shape index (κ1) is 14.4. The summed E-state index contributed by atoms with van der Waals surface area (Å²) in [6, 6.07) is 0. The van der Waals surface area contributed by atoms with Gasteiger partial charge in [-0.3, -0.25) is 0 Å². The van der Waals surface area contributed by atoms with Crippen LogP contribution in [0.4, 0.5) is 10.7 Å². The molecule has 1 saturated heterocycles. The van der Waals surface area contributed by atoms with Gasteiger partial charge in [0.1, 0.15) is 0 Å². The lowest BCUT2D eigenvalue weighted by Crippen LogP contribution is -2.35. The van der Waals surface area contributed by atoms with Crippen molar-refractivity contribution in [1.29, 1.82) is 0 Å². The Kier molecular flexibility index (Phi) is 3.47. The maximum Gasteiger partial charge on any atom is 0.418 e. The van der Waals surface area contributed by atoms with Gasteiger partial charge in [-0.1, -0.05) is 10.3 Å². The summed E-state index contributed by atoms with van der Waals surface area (Å²) >= 11 is 0. The van der Waals surface area contributed by atoms with Crippen LogP contribution >= 0.6 is 10.3 Å². The highest BCUT2D eigenvalue weighted by Crippen LogP contribution is 2.56. The molecule has 116 valence electrons. The first-order chi connectivity index (χ1) is 9.88. The minimum absolute atomic E-state index is 0.0321. The van der Waals surface area contributed by atoms with Gasteiger partial charge < -0.3 is 15.2 Å². The summed E-state index contributed by atoms with van der Waals surface area (Å²) in [5.74, 6) is 2.46. The summed E-state index contributed by atoms with van der Waals surface area (Å²) in [6.07, 6.45) is 8.47. The molecule has 7 heteroatoms. The predicted molar refractivity (Wildman–Crippen MR) is 84.3 cm³/mol. The molecule has 6 nitrogen and oxygen atoms in total. The van der Waals surface area contributed by atoms with E-state index >= 15 is 0 Å². The van der Waals surface area contributed by atoms with E-state index in [1.165, 1.54) is 0 Å². The van der Waals surface area contributed by atoms with E-state index in [-0.39, 0.29) is 11.6 Å². The Hall–Kier alpha value is -1.50. The highest BCUT2D eigenvalue weighted by molar-refractivity contribution is 8.29. The van der Waals surface area contributed by atoms with Crippen molar-refractivity contribution in [2.45, 2.75) is 37.6 Å². The summed E-state index contributed by atoms with van der Waals surface area (Å²) < 4.78 is 5.76. The number of hydrogen-bond donors (Lipinski definition) is 2. The van der Waals surface area contributed by atoms with Gasteiger partial charge in [0.15, 0.2) is 0 Å². The van der Waals surface area contributed by atoms with Crippen LogP contribution in [0.15, 0.2) is 12.4 Å². The van der Waals surface area contributed by atoms with Crippen LogP contribution in [0.2, 0.25) is 0 Å². The summed E-state index contributed by atoms with van der Waals surface area (Å²) in [6.45, 7) is 2.05. The van der Waals surface area contributed by atoms with Crippen molar-refractivity contribution in [2.24, 2.45) is 0 Å². The number of carbonyl (C=O) groups excluding carboxylic acids is 1. The Morgan fingerprint density at radius 3 is 2.76 bits per heavy atom. The van der Waals surface area contributed by atoms with E-state index in [1.54, 1.807) is 12.4 Å². The second-order valence-corrected chi connectivity index (χ2v) is 9.75. The average Bonchev–Trinajstić information content (AvgIpc) is 2.99. The molecule has 0 spiro atoms. The van der Waals surface area contributed by atoms with E-state index in [9.17, 15) is 4.79 Å². The molecule has 1 aromatic rings. The maximum absolute atomic E-state index is 12.0. The van der Waals surface area contributed by atoms with Gasteiger partial charge in [-0.15, -0.1) is 0 Å². The van der Waals surface area contributed by atoms with Crippen LogP contribution in [0, 0.1) is 0 Å². The van der Waals surface area contributed by atoms with E-state index in [4.69, 9.17) is 9.92 Å². The summed E-state index contributed by atoms with van der Waals surface area (Å²) in [7, 11) is -1.35. The molecule has 3 rings (SSSR count). The van der Waals surface area contributed by atoms with Crippen LogP contribution in [-0.4, -0.2) is 39.4 Å². The van der Waals surface area contributed by atoms with Crippen molar-refractivity contribution >= 4 is 22.4 Å². The molecule has 21 heavy (non-hydrogen) atoms. The molecule has 2 atom stereocenters. The molecule has 1 aromatic heterocycles. The van der Waals surface area contributed by atoms with Crippen LogP contribution < -0.4 is 11.1 Å². The number of carbonyl (C=O) groups is 1. The molecule has 2 fully saturated rings. The highest BCUT2D eigenvalue weighted by Gasteiger charge is 2.41. The SMILES string of the molecule is CC1(NC(=O)OS2(C)CCC(c3cnc(N)nc3)C2)CC1. The number of nitrogens with two attached hydrogens (primary N) is 1. The lowest BCUT2D eigenvalue weighted by molar-refractivity contribution is 0.202. The van der Waals surface area contributed by atoms with Crippen molar-refractivity contribution in [3.8, 4) is 0 Å². The summed E-state index contributed by atoms with van der Waals surface area (Å²) in [5, 5.41) is 2.96. The predicted octanol–water partition coefficient (Wildman–Crippen LogP) is 2.17. The largest absolute Gasteiger partial charge is 0.418 e. The van der Waals surface area contributed by atoms with Gasteiger partial charge in [0.25, 0.3) is 0 Å². The van der Waals surface area contributed by atoms with Gasteiger partial charge >= 0.3 is 6.09 Å². The Balaban J connectivity index is 1.59. The molecule has 0 bridgehead atoms. The average molecular weight is 310 g/mol. The van der Waals surface area contributed by atoms with Gasteiger partial charge in [0.2, 0.25) is 5.95 Å². The lowest BCUT2D eigenvalue weighted by Gasteiger charge is -2.31. The molecular formula is C14H22N4O2S. The molecule has 1 saturated carbocycles. The minimum atomic E-state index is -1.35. The first-order valence-corrected chi connectivity index (χ1v) is 9.51. The Morgan fingerprint density at radius 2 is 2.14 bits per heavy atom. The third-order valence-electron chi connectivity index (χ3n) is 4.30. The van der Waals surface area contributed by atoms with Crippen molar-refractivity contribution in [2.75, 3.05) is 23.5 Å². The second kappa shape index (κ2) is 5.05. The zero-order valence-corrected chi connectivity index (χ0v) is 13.3. The van der Waals surface area contributed by atoms with Crippen molar-refractivity contribution < 1.29 is 8.98 Å². The van der Waals surface area contributed by atoms with Gasteiger partial charge in [-0.2, -0.15) is 0 Å². The number of nitrogens with zero attached hydrogens (tertiary/aromatic N) is 2. The molecule has 1 aliphatic carbocycles. The monoisotopic (exact) mass is 310 g/mol. The number of anilines is 1. The number of nitrogens with one attached hydrogen (secondary N) is 1. The first-order valence-electron chi connectivity index (χ1n) is 7.20. The van der Waals surface area contributed by atoms with Crippen LogP contribution in [0.3, 0.4) is 0 Å². The molecule has 2 unspecified atom stereocenters. The molecule has 0 radical (unpaired) electrons. The van der Waals surface area contributed by atoms with Gasteiger partial charge in [0.05, 0.1) is 0 Å². The van der Waals surface area contributed by atoms with Gasteiger partial charge in [0, 0.05) is 29.4 Å². The van der Waals surface area contributed by atoms with E-state index in [0.29, 0.717) is 11.9 Å². The standard InChI is InChI=1S/C14H22N4O2S/c1-14(4-5-14)18-13(19)20-21(2)6-3-10(9-21)11-7-16-12(15)17-8-11/h7-8,10H,3-6,9H2,1-2H3,(H,18,19)(H2,15,16,17). The Bertz CT molecular complexity index is 546. The van der Waals surface area contributed by atoms with E-state index in [0.717, 1.165) is 36.3 Å². The summed E-state index contributed by atoms with van der Waals surface area (Å²) in [5.41, 5.74) is 6.56. The second-order valence-electron chi connectivity index (χ2n) is 6.47. The zero-order chi connectivity index (χ0) is 15.1. The third-order valence-corrected chi connectivity index (χ3v) is 7.06. The summed E-state index contributed by atoms with van der Waals surface area (Å²) in [4.78, 5) is 20.1. The fourth-order valence-electron chi connectivity index (χ4n) is 2.64. The van der Waals surface area contributed by atoms with Crippen molar-refractivity contribution in [1.82, 2.24) is 15.3 Å². The number of hydrogen-bond acceptors (Lipinski definition) is 5. The quantitative estimate of drug-likeness (QED) is 0.893. The molecule has 1 aliphatic heterocycles. The van der Waals surface area contributed by atoms with Crippen molar-refractivity contribution in [3.05, 3.63) is 18.0 Å². The molecule has 2 aliphatic rings. The fraction of sp³-hybridized carbons (Fsp3) is 0.643. The zero-order valence-electron chi connectivity index (χ0n) is 12.5. The molecule has 3 N–H and O–H groups in total. The molecular weight excluding hydrogens is 288 g/mol. The van der Waals surface area contributed by atoms with Gasteiger partial charge in [-0.25, -0.2) is 14.8 Å². The number of aromatic nitrogens is 2. The Labute approximate surface area is 126 Å². The van der Waals surface area contributed by atoms with E-state index in [1.807, 2.05) is 0 Å². The lowest BCUT2D eigenvalue weighted by atomic mass is 10.0. The highest BCUT2D eigenvalue weighted by atomic mass is 32.3. The number of nitrogen functional groups attached to an aromatic ring is 1. The number of rotatable bonds is 3. The van der Waals surface area contributed by atoms with Crippen molar-refractivity contribution in [3.63, 3.8) is 0 Å². The smallest absolute Gasteiger partial charge is 0.399 e. The van der Waals surface area contributed by atoms with Crippen LogP contribution in [-0.2, 0) is 4.18 Å². The third kappa shape index (κ3) is 3.40. The van der Waals surface area contributed by atoms with E-state index < -0.39 is 10.3 Å². The Morgan fingerprint density at radius 1 is 1.48 bits per heavy atom. The van der Waals surface area contributed by atoms with Crippen LogP contribution in [0.5, 0.6) is 0 Å². The molecule has 0 aromatic carbocycles. The van der Waals surface area contributed by atoms with E-state index in [2.05, 4.69) is 28.5 Å². The maximum atomic E-state index is 12.0. The van der Waals surface area contributed by atoms with Crippen LogP contribution in [0.1, 0.15) is 37.7 Å². The van der Waals surface area contributed by atoms with Crippen LogP contribution in [0.25, 0.3) is 0 Å². The van der Waals surface area contributed by atoms with Gasteiger partial charge in [-0.05, 0) is 43.9 Å². The number of amides is 1. The minimum Gasteiger partial charge on any atom is -0.399 e. The normalized spacial score (nSPS) is 33.0.